The molecule has 5 nitrogen and oxygen atoms in total. The maximum absolute atomic E-state index is 12.6. The number of carbonyl (C=O) groups is 1. The number of rotatable bonds is 6. The molecule has 0 heterocycles. The molecular weight excluding hydrogens is 431 g/mol. The fourth-order valence-electron chi connectivity index (χ4n) is 2.69. The van der Waals surface area contributed by atoms with Gasteiger partial charge < -0.3 is 5.32 Å². The molecule has 0 spiro atoms. The van der Waals surface area contributed by atoms with E-state index in [1.165, 1.54) is 42.5 Å². The van der Waals surface area contributed by atoms with E-state index in [1.54, 1.807) is 0 Å². The fraction of sp³-hybridized carbons (Fsp3) is 0.0952. The number of halogens is 2. The van der Waals surface area contributed by atoms with Gasteiger partial charge in [-0.15, -0.1) is 0 Å². The molecule has 29 heavy (non-hydrogen) atoms. The van der Waals surface area contributed by atoms with E-state index >= 15 is 0 Å². The first kappa shape index (κ1) is 21.2. The summed E-state index contributed by atoms with van der Waals surface area (Å²) in [6.07, 6.45) is 0. The number of benzene rings is 3. The fourth-order valence-corrected chi connectivity index (χ4v) is 4.13. The lowest BCUT2D eigenvalue weighted by molar-refractivity contribution is 0.0940. The van der Waals surface area contributed by atoms with Gasteiger partial charge in [0.15, 0.2) is 0 Å². The second-order valence-corrected chi connectivity index (χ2v) is 8.89. The topological polar surface area (TPSA) is 75.3 Å². The van der Waals surface area contributed by atoms with E-state index in [0.717, 1.165) is 5.56 Å². The van der Waals surface area contributed by atoms with Crippen LogP contribution in [-0.4, -0.2) is 14.3 Å². The van der Waals surface area contributed by atoms with Crippen molar-refractivity contribution in [1.82, 2.24) is 5.32 Å². The van der Waals surface area contributed by atoms with Gasteiger partial charge in [0.1, 0.15) is 0 Å². The number of hydrogen-bond donors (Lipinski definition) is 2. The number of anilines is 1. The smallest absolute Gasteiger partial charge is 0.261 e. The zero-order chi connectivity index (χ0) is 21.0. The minimum absolute atomic E-state index is 0.0662. The Morgan fingerprint density at radius 1 is 0.931 bits per heavy atom. The van der Waals surface area contributed by atoms with E-state index in [9.17, 15) is 13.2 Å². The van der Waals surface area contributed by atoms with E-state index < -0.39 is 10.0 Å². The van der Waals surface area contributed by atoms with Crippen molar-refractivity contribution in [3.05, 3.63) is 94.0 Å². The SMILES string of the molecule is CC(NC(=O)c1ccc(NS(=O)(=O)c2ccc(Cl)cc2)cc1Cl)c1ccccc1. The maximum atomic E-state index is 12.6. The molecule has 150 valence electrons. The highest BCUT2D eigenvalue weighted by Crippen LogP contribution is 2.24. The Balaban J connectivity index is 1.74. The lowest BCUT2D eigenvalue weighted by Crippen LogP contribution is -2.26. The molecule has 3 aromatic carbocycles. The molecule has 0 saturated carbocycles. The number of amides is 1. The van der Waals surface area contributed by atoms with Crippen LogP contribution in [0.15, 0.2) is 77.7 Å². The molecule has 1 amide bonds. The standard InChI is InChI=1S/C21H18Cl2N2O3S/c1-14(15-5-3-2-4-6-15)24-21(26)19-12-9-17(13-20(19)23)25-29(27,28)18-10-7-16(22)8-11-18/h2-14,25H,1H3,(H,24,26). The minimum atomic E-state index is -3.80. The number of sulfonamides is 1. The van der Waals surface area contributed by atoms with Crippen molar-refractivity contribution in [1.29, 1.82) is 0 Å². The van der Waals surface area contributed by atoms with Crippen LogP contribution in [0.2, 0.25) is 10.0 Å². The van der Waals surface area contributed by atoms with Crippen LogP contribution in [-0.2, 0) is 10.0 Å². The van der Waals surface area contributed by atoms with Crippen molar-refractivity contribution >= 4 is 44.8 Å². The molecular formula is C21H18Cl2N2O3S. The molecule has 8 heteroatoms. The van der Waals surface area contributed by atoms with Gasteiger partial charge in [-0.1, -0.05) is 53.5 Å². The molecule has 3 rings (SSSR count). The summed E-state index contributed by atoms with van der Waals surface area (Å²) in [6, 6.07) is 19.5. The quantitative estimate of drug-likeness (QED) is 0.537. The molecule has 2 N–H and O–H groups in total. The largest absolute Gasteiger partial charge is 0.345 e. The van der Waals surface area contributed by atoms with Crippen molar-refractivity contribution in [2.45, 2.75) is 17.9 Å². The Morgan fingerprint density at radius 3 is 2.21 bits per heavy atom. The number of carbonyl (C=O) groups excluding carboxylic acids is 1. The van der Waals surface area contributed by atoms with Crippen LogP contribution in [0.4, 0.5) is 5.69 Å². The van der Waals surface area contributed by atoms with Gasteiger partial charge in [-0.25, -0.2) is 8.42 Å². The monoisotopic (exact) mass is 448 g/mol. The average Bonchev–Trinajstić information content (AvgIpc) is 2.68. The van der Waals surface area contributed by atoms with Gasteiger partial charge in [0.2, 0.25) is 0 Å². The minimum Gasteiger partial charge on any atom is -0.345 e. The van der Waals surface area contributed by atoms with Crippen LogP contribution in [0.25, 0.3) is 0 Å². The Kier molecular flexibility index (Phi) is 6.47. The molecule has 0 radical (unpaired) electrons. The highest BCUT2D eigenvalue weighted by Gasteiger charge is 2.17. The maximum Gasteiger partial charge on any atom is 0.261 e. The predicted molar refractivity (Wildman–Crippen MR) is 116 cm³/mol. The molecule has 3 aromatic rings. The van der Waals surface area contributed by atoms with Gasteiger partial charge in [0.05, 0.1) is 27.2 Å². The third-order valence-electron chi connectivity index (χ3n) is 4.24. The van der Waals surface area contributed by atoms with Gasteiger partial charge >= 0.3 is 0 Å². The summed E-state index contributed by atoms with van der Waals surface area (Å²) < 4.78 is 27.4. The van der Waals surface area contributed by atoms with Crippen molar-refractivity contribution in [2.24, 2.45) is 0 Å². The summed E-state index contributed by atoms with van der Waals surface area (Å²) in [7, 11) is -3.80. The van der Waals surface area contributed by atoms with Gasteiger partial charge in [-0.05, 0) is 55.0 Å². The highest BCUT2D eigenvalue weighted by molar-refractivity contribution is 7.92. The molecule has 1 atom stereocenters. The Hall–Kier alpha value is -2.54. The van der Waals surface area contributed by atoms with Gasteiger partial charge in [0.25, 0.3) is 15.9 Å². The lowest BCUT2D eigenvalue weighted by Gasteiger charge is -2.15. The van der Waals surface area contributed by atoms with E-state index in [4.69, 9.17) is 23.2 Å². The second kappa shape index (κ2) is 8.86. The van der Waals surface area contributed by atoms with E-state index in [0.29, 0.717) is 5.02 Å². The van der Waals surface area contributed by atoms with Crippen molar-refractivity contribution in [2.75, 3.05) is 4.72 Å². The first-order valence-electron chi connectivity index (χ1n) is 8.70. The van der Waals surface area contributed by atoms with Crippen molar-refractivity contribution in [3.63, 3.8) is 0 Å². The Bertz CT molecular complexity index is 1120. The van der Waals surface area contributed by atoms with Crippen LogP contribution in [0.3, 0.4) is 0 Å². The van der Waals surface area contributed by atoms with Crippen molar-refractivity contribution < 1.29 is 13.2 Å². The zero-order valence-electron chi connectivity index (χ0n) is 15.4. The summed E-state index contributed by atoms with van der Waals surface area (Å²) in [6.45, 7) is 1.87. The van der Waals surface area contributed by atoms with E-state index in [-0.39, 0.29) is 33.1 Å². The molecule has 0 aromatic heterocycles. The molecule has 0 aliphatic rings. The molecule has 0 fully saturated rings. The average molecular weight is 449 g/mol. The normalized spacial score (nSPS) is 12.2. The summed E-state index contributed by atoms with van der Waals surface area (Å²) in [5, 5.41) is 3.45. The zero-order valence-corrected chi connectivity index (χ0v) is 17.7. The summed E-state index contributed by atoms with van der Waals surface area (Å²) in [5.41, 5.74) is 1.46. The second-order valence-electron chi connectivity index (χ2n) is 6.36. The van der Waals surface area contributed by atoms with Crippen LogP contribution >= 0.6 is 23.2 Å². The molecule has 0 saturated heterocycles. The third kappa shape index (κ3) is 5.29. The van der Waals surface area contributed by atoms with Crippen LogP contribution in [0, 0.1) is 0 Å². The van der Waals surface area contributed by atoms with Gasteiger partial charge in [-0.3, -0.25) is 9.52 Å². The summed E-state index contributed by atoms with van der Waals surface area (Å²) in [4.78, 5) is 12.6. The summed E-state index contributed by atoms with van der Waals surface area (Å²) in [5.74, 6) is -0.349. The first-order valence-corrected chi connectivity index (χ1v) is 10.9. The summed E-state index contributed by atoms with van der Waals surface area (Å²) >= 11 is 12.0. The molecule has 0 bridgehead atoms. The molecule has 1 unspecified atom stereocenters. The number of nitrogens with one attached hydrogen (secondary N) is 2. The van der Waals surface area contributed by atoms with Crippen LogP contribution in [0.1, 0.15) is 28.9 Å². The van der Waals surface area contributed by atoms with Crippen molar-refractivity contribution in [3.8, 4) is 0 Å². The van der Waals surface area contributed by atoms with Gasteiger partial charge in [-0.2, -0.15) is 0 Å². The predicted octanol–water partition coefficient (Wildman–Crippen LogP) is 5.29. The molecule has 0 aliphatic carbocycles. The van der Waals surface area contributed by atoms with Crippen LogP contribution in [0.5, 0.6) is 0 Å². The molecule has 0 aliphatic heterocycles. The van der Waals surface area contributed by atoms with Gasteiger partial charge in [0, 0.05) is 5.02 Å². The Morgan fingerprint density at radius 2 is 1.59 bits per heavy atom. The van der Waals surface area contributed by atoms with E-state index in [2.05, 4.69) is 10.0 Å². The number of hydrogen-bond acceptors (Lipinski definition) is 3. The third-order valence-corrected chi connectivity index (χ3v) is 6.20. The first-order chi connectivity index (χ1) is 13.8. The van der Waals surface area contributed by atoms with Crippen LogP contribution < -0.4 is 10.0 Å². The Labute approximate surface area is 179 Å². The highest BCUT2D eigenvalue weighted by atomic mass is 35.5. The lowest BCUT2D eigenvalue weighted by atomic mass is 10.1. The van der Waals surface area contributed by atoms with E-state index in [1.807, 2.05) is 37.3 Å².